The molecule has 0 fully saturated rings. The van der Waals surface area contributed by atoms with Gasteiger partial charge in [0.25, 0.3) is 5.91 Å². The quantitative estimate of drug-likeness (QED) is 0.830. The van der Waals surface area contributed by atoms with Crippen molar-refractivity contribution in [1.82, 2.24) is 5.32 Å². The van der Waals surface area contributed by atoms with Crippen molar-refractivity contribution in [2.75, 3.05) is 13.2 Å². The summed E-state index contributed by atoms with van der Waals surface area (Å²) in [6, 6.07) is 14.8. The zero-order chi connectivity index (χ0) is 18.5. The van der Waals surface area contributed by atoms with Crippen molar-refractivity contribution in [2.24, 2.45) is 5.92 Å². The minimum Gasteiger partial charge on any atom is -0.485 e. The monoisotopic (exact) mass is 355 g/mol. The van der Waals surface area contributed by atoms with Gasteiger partial charge in [0.1, 0.15) is 6.61 Å². The number of hydrogen-bond acceptors (Lipinski definition) is 4. The Kier molecular flexibility index (Phi) is 5.41. The zero-order valence-corrected chi connectivity index (χ0v) is 14.5. The average Bonchev–Trinajstić information content (AvgIpc) is 2.64. The molecule has 1 amide bonds. The Morgan fingerprint density at radius 1 is 1.19 bits per heavy atom. The summed E-state index contributed by atoms with van der Waals surface area (Å²) in [7, 11) is 0. The molecule has 0 radical (unpaired) electrons. The lowest BCUT2D eigenvalue weighted by Gasteiger charge is -2.26. The van der Waals surface area contributed by atoms with Crippen molar-refractivity contribution in [1.29, 1.82) is 0 Å². The molecule has 1 heterocycles. The van der Waals surface area contributed by atoms with Crippen molar-refractivity contribution in [3.05, 3.63) is 59.7 Å². The lowest BCUT2D eigenvalue weighted by Crippen LogP contribution is -2.46. The van der Waals surface area contributed by atoms with E-state index in [1.165, 1.54) is 0 Å². The van der Waals surface area contributed by atoms with Crippen LogP contribution in [-0.4, -0.2) is 36.2 Å². The van der Waals surface area contributed by atoms with Gasteiger partial charge in [-0.05, 0) is 31.0 Å². The maximum Gasteiger partial charge on any atom is 0.308 e. The van der Waals surface area contributed by atoms with E-state index in [1.807, 2.05) is 37.3 Å². The molecule has 26 heavy (non-hydrogen) atoms. The Morgan fingerprint density at radius 3 is 2.69 bits per heavy atom. The number of aryl methyl sites for hydroxylation is 1. The van der Waals surface area contributed by atoms with Gasteiger partial charge < -0.3 is 19.9 Å². The number of ether oxygens (including phenoxy) is 2. The number of aliphatic carboxylic acids is 1. The number of para-hydroxylation sites is 2. The first-order valence-corrected chi connectivity index (χ1v) is 8.47. The van der Waals surface area contributed by atoms with Gasteiger partial charge in [0.2, 0.25) is 6.10 Å². The van der Waals surface area contributed by atoms with Gasteiger partial charge in [-0.15, -0.1) is 0 Å². The van der Waals surface area contributed by atoms with E-state index in [-0.39, 0.29) is 19.1 Å². The van der Waals surface area contributed by atoms with Gasteiger partial charge in [0, 0.05) is 6.54 Å². The Labute approximate surface area is 151 Å². The van der Waals surface area contributed by atoms with E-state index in [4.69, 9.17) is 9.47 Å². The Hall–Kier alpha value is -3.02. The molecule has 0 aromatic heterocycles. The molecule has 0 spiro atoms. The van der Waals surface area contributed by atoms with E-state index in [0.717, 1.165) is 11.1 Å². The lowest BCUT2D eigenvalue weighted by atomic mass is 9.98. The molecule has 0 saturated heterocycles. The van der Waals surface area contributed by atoms with E-state index in [0.29, 0.717) is 17.9 Å². The third kappa shape index (κ3) is 4.33. The molecule has 0 bridgehead atoms. The Morgan fingerprint density at radius 2 is 1.96 bits per heavy atom. The molecule has 2 N–H and O–H groups in total. The first kappa shape index (κ1) is 17.8. The zero-order valence-electron chi connectivity index (χ0n) is 14.5. The molecule has 2 aromatic carbocycles. The summed E-state index contributed by atoms with van der Waals surface area (Å²) in [4.78, 5) is 23.9. The number of carboxylic acids is 1. The second-order valence-corrected chi connectivity index (χ2v) is 6.34. The van der Waals surface area contributed by atoms with Crippen LogP contribution in [-0.2, 0) is 16.0 Å². The molecule has 3 rings (SSSR count). The van der Waals surface area contributed by atoms with Crippen molar-refractivity contribution in [3.8, 4) is 11.5 Å². The summed E-state index contributed by atoms with van der Waals surface area (Å²) in [6.07, 6.45) is -0.444. The highest BCUT2D eigenvalue weighted by molar-refractivity contribution is 5.82. The van der Waals surface area contributed by atoms with Crippen molar-refractivity contribution in [2.45, 2.75) is 19.4 Å². The van der Waals surface area contributed by atoms with Crippen molar-refractivity contribution < 1.29 is 24.2 Å². The van der Waals surface area contributed by atoms with Crippen molar-refractivity contribution >= 4 is 11.9 Å². The predicted molar refractivity (Wildman–Crippen MR) is 95.4 cm³/mol. The van der Waals surface area contributed by atoms with E-state index in [9.17, 15) is 14.7 Å². The van der Waals surface area contributed by atoms with Gasteiger partial charge in [-0.2, -0.15) is 0 Å². The summed E-state index contributed by atoms with van der Waals surface area (Å²) in [5.74, 6) is -0.932. The third-order valence-corrected chi connectivity index (χ3v) is 4.24. The van der Waals surface area contributed by atoms with Crippen molar-refractivity contribution in [3.63, 3.8) is 0 Å². The number of carbonyl (C=O) groups is 2. The van der Waals surface area contributed by atoms with Crippen LogP contribution in [0.2, 0.25) is 0 Å². The number of hydrogen-bond donors (Lipinski definition) is 2. The smallest absolute Gasteiger partial charge is 0.308 e. The van der Waals surface area contributed by atoms with Crippen LogP contribution >= 0.6 is 0 Å². The summed E-state index contributed by atoms with van der Waals surface area (Å²) < 4.78 is 11.2. The highest BCUT2D eigenvalue weighted by Crippen LogP contribution is 2.30. The number of amides is 1. The van der Waals surface area contributed by atoms with Crippen LogP contribution in [0.5, 0.6) is 11.5 Å². The highest BCUT2D eigenvalue weighted by Gasteiger charge is 2.28. The molecule has 1 aliphatic rings. The maximum atomic E-state index is 12.3. The molecule has 2 aromatic rings. The summed E-state index contributed by atoms with van der Waals surface area (Å²) >= 11 is 0. The molecular weight excluding hydrogens is 334 g/mol. The van der Waals surface area contributed by atoms with E-state index < -0.39 is 18.0 Å². The van der Waals surface area contributed by atoms with Gasteiger partial charge in [-0.1, -0.05) is 42.0 Å². The maximum absolute atomic E-state index is 12.3. The summed E-state index contributed by atoms with van der Waals surface area (Å²) in [5, 5.41) is 12.1. The van der Waals surface area contributed by atoms with Gasteiger partial charge in [-0.3, -0.25) is 9.59 Å². The second-order valence-electron chi connectivity index (χ2n) is 6.34. The first-order chi connectivity index (χ1) is 12.5. The normalized spacial score (nSPS) is 16.6. The molecular formula is C20H21NO5. The largest absolute Gasteiger partial charge is 0.485 e. The van der Waals surface area contributed by atoms with E-state index in [2.05, 4.69) is 5.32 Å². The number of nitrogens with one attached hydrogen (secondary N) is 1. The molecule has 2 unspecified atom stereocenters. The Bertz CT molecular complexity index is 804. The molecule has 2 atom stereocenters. The molecule has 1 aliphatic heterocycles. The molecule has 0 saturated carbocycles. The van der Waals surface area contributed by atoms with Crippen LogP contribution in [0.1, 0.15) is 11.1 Å². The topological polar surface area (TPSA) is 84.9 Å². The molecule has 0 aliphatic carbocycles. The van der Waals surface area contributed by atoms with Gasteiger partial charge in [-0.25, -0.2) is 0 Å². The molecule has 6 nitrogen and oxygen atoms in total. The first-order valence-electron chi connectivity index (χ1n) is 8.47. The fourth-order valence-corrected chi connectivity index (χ4v) is 2.86. The van der Waals surface area contributed by atoms with Crippen LogP contribution in [0, 0.1) is 12.8 Å². The number of rotatable bonds is 6. The predicted octanol–water partition coefficient (Wildman–Crippen LogP) is 2.19. The molecule has 6 heteroatoms. The minimum atomic E-state index is -0.946. The van der Waals surface area contributed by atoms with Crippen LogP contribution in [0.15, 0.2) is 48.5 Å². The average molecular weight is 355 g/mol. The van der Waals surface area contributed by atoms with Crippen LogP contribution in [0.3, 0.4) is 0 Å². The fraction of sp³-hybridized carbons (Fsp3) is 0.300. The summed E-state index contributed by atoms with van der Waals surface area (Å²) in [5.41, 5.74) is 2.00. The van der Waals surface area contributed by atoms with E-state index in [1.54, 1.807) is 18.2 Å². The van der Waals surface area contributed by atoms with Gasteiger partial charge >= 0.3 is 5.97 Å². The number of carbonyl (C=O) groups excluding carboxylic acids is 1. The SMILES string of the molecule is Cc1cccc(CC(CNC(=O)C2COc3ccccc3O2)C(=O)O)c1. The number of fused-ring (bicyclic) bond motifs is 1. The van der Waals surface area contributed by atoms with E-state index >= 15 is 0 Å². The minimum absolute atomic E-state index is 0.0314. The fourth-order valence-electron chi connectivity index (χ4n) is 2.86. The van der Waals surface area contributed by atoms with Crippen LogP contribution in [0.25, 0.3) is 0 Å². The Balaban J connectivity index is 1.57. The van der Waals surface area contributed by atoms with Gasteiger partial charge in [0.15, 0.2) is 11.5 Å². The lowest BCUT2D eigenvalue weighted by molar-refractivity contribution is -0.141. The second kappa shape index (κ2) is 7.91. The van der Waals surface area contributed by atoms with Crippen LogP contribution < -0.4 is 14.8 Å². The number of carboxylic acid groups (broad SMARTS) is 1. The summed E-state index contributed by atoms with van der Waals surface area (Å²) in [6.45, 7) is 2.08. The number of benzene rings is 2. The third-order valence-electron chi connectivity index (χ3n) is 4.24. The molecule has 136 valence electrons. The standard InChI is InChI=1S/C20H21NO5/c1-13-5-4-6-14(9-13)10-15(20(23)24)11-21-19(22)18-12-25-16-7-2-3-8-17(16)26-18/h2-9,15,18H,10-12H2,1H3,(H,21,22)(H,23,24). The highest BCUT2D eigenvalue weighted by atomic mass is 16.6. The van der Waals surface area contributed by atoms with Crippen LogP contribution in [0.4, 0.5) is 0 Å². The van der Waals surface area contributed by atoms with Gasteiger partial charge in [0.05, 0.1) is 5.92 Å².